The Hall–Kier alpha value is -1.28. The zero-order chi connectivity index (χ0) is 12.6. The zero-order valence-electron chi connectivity index (χ0n) is 8.24. The summed E-state index contributed by atoms with van der Waals surface area (Å²) < 4.78 is 0.122. The van der Waals surface area contributed by atoms with Crippen molar-refractivity contribution in [2.24, 2.45) is 0 Å². The number of halogens is 2. The highest BCUT2D eigenvalue weighted by atomic mass is 127. The summed E-state index contributed by atoms with van der Waals surface area (Å²) >= 11 is 7.44. The maximum absolute atomic E-state index is 11.4. The number of aromatic nitrogens is 2. The molecule has 1 aromatic carbocycles. The molecule has 2 rings (SSSR count). The van der Waals surface area contributed by atoms with Crippen LogP contribution in [0.5, 0.6) is 11.6 Å². The van der Waals surface area contributed by atoms with Crippen LogP contribution in [-0.4, -0.2) is 20.2 Å². The number of phenols is 1. The molecule has 0 fully saturated rings. The van der Waals surface area contributed by atoms with Crippen molar-refractivity contribution in [3.05, 3.63) is 37.1 Å². The molecule has 0 radical (unpaired) electrons. The standard InChI is InChI=1S/C10H6ClIN2O3/c11-5-3-4(1-2-6(5)15)8-13-9(16)7(12)10(17)14-8/h1-3,15H,(H2,13,14,16,17). The van der Waals surface area contributed by atoms with Crippen LogP contribution in [0.4, 0.5) is 0 Å². The Balaban J connectivity index is 2.61. The van der Waals surface area contributed by atoms with Crippen LogP contribution in [0.2, 0.25) is 5.02 Å². The van der Waals surface area contributed by atoms with E-state index in [1.54, 1.807) is 22.6 Å². The Labute approximate surface area is 114 Å². The minimum atomic E-state index is -0.433. The van der Waals surface area contributed by atoms with E-state index in [1.165, 1.54) is 18.2 Å². The van der Waals surface area contributed by atoms with Crippen molar-refractivity contribution in [1.29, 1.82) is 0 Å². The van der Waals surface area contributed by atoms with Gasteiger partial charge in [0.1, 0.15) is 15.1 Å². The van der Waals surface area contributed by atoms with Crippen LogP contribution in [0.15, 0.2) is 23.0 Å². The summed E-state index contributed by atoms with van der Waals surface area (Å²) in [6.07, 6.45) is 0. The molecule has 0 saturated heterocycles. The van der Waals surface area contributed by atoms with Gasteiger partial charge in [-0.2, -0.15) is 4.98 Å². The van der Waals surface area contributed by atoms with E-state index in [2.05, 4.69) is 9.97 Å². The van der Waals surface area contributed by atoms with Gasteiger partial charge in [-0.15, -0.1) is 0 Å². The van der Waals surface area contributed by atoms with Crippen LogP contribution in [-0.2, 0) is 0 Å². The first-order valence-corrected chi connectivity index (χ1v) is 5.92. The molecule has 0 aliphatic heterocycles. The second-order valence-corrected chi connectivity index (χ2v) is 4.70. The van der Waals surface area contributed by atoms with E-state index in [0.717, 1.165) is 0 Å². The number of nitrogens with one attached hydrogen (secondary N) is 1. The second kappa shape index (κ2) is 4.53. The molecule has 5 nitrogen and oxygen atoms in total. The molecule has 7 heteroatoms. The molecule has 0 spiro atoms. The first-order valence-electron chi connectivity index (χ1n) is 4.46. The molecule has 3 N–H and O–H groups in total. The third kappa shape index (κ3) is 2.37. The smallest absolute Gasteiger partial charge is 0.268 e. The third-order valence-electron chi connectivity index (χ3n) is 2.07. The van der Waals surface area contributed by atoms with Crippen molar-refractivity contribution in [2.75, 3.05) is 0 Å². The average Bonchev–Trinajstić information content (AvgIpc) is 2.29. The summed E-state index contributed by atoms with van der Waals surface area (Å²) in [6.45, 7) is 0. The van der Waals surface area contributed by atoms with Gasteiger partial charge >= 0.3 is 0 Å². The van der Waals surface area contributed by atoms with Crippen molar-refractivity contribution in [3.63, 3.8) is 0 Å². The van der Waals surface area contributed by atoms with Crippen molar-refractivity contribution in [1.82, 2.24) is 9.97 Å². The Bertz CT molecular complexity index is 642. The number of H-pyrrole nitrogens is 1. The maximum atomic E-state index is 11.4. The number of aromatic hydroxyl groups is 2. The fraction of sp³-hybridized carbons (Fsp3) is 0. The molecule has 0 amide bonds. The van der Waals surface area contributed by atoms with Crippen LogP contribution >= 0.6 is 34.2 Å². The SMILES string of the molecule is O=c1[nH]c(-c2ccc(O)c(Cl)c2)nc(O)c1I. The fourth-order valence-electron chi connectivity index (χ4n) is 1.24. The van der Waals surface area contributed by atoms with Gasteiger partial charge < -0.3 is 15.2 Å². The summed E-state index contributed by atoms with van der Waals surface area (Å²) in [5.74, 6) is -0.212. The van der Waals surface area contributed by atoms with Gasteiger partial charge in [0, 0.05) is 5.56 Å². The lowest BCUT2D eigenvalue weighted by Crippen LogP contribution is -2.12. The molecule has 2 aromatic rings. The van der Waals surface area contributed by atoms with E-state index in [4.69, 9.17) is 11.6 Å². The number of benzene rings is 1. The number of phenolic OH excluding ortho intramolecular Hbond substituents is 1. The maximum Gasteiger partial charge on any atom is 0.268 e. The zero-order valence-corrected chi connectivity index (χ0v) is 11.2. The monoisotopic (exact) mass is 364 g/mol. The molecular weight excluding hydrogens is 358 g/mol. The van der Waals surface area contributed by atoms with E-state index in [9.17, 15) is 15.0 Å². The van der Waals surface area contributed by atoms with Gasteiger partial charge in [-0.25, -0.2) is 0 Å². The van der Waals surface area contributed by atoms with Crippen molar-refractivity contribution in [2.45, 2.75) is 0 Å². The van der Waals surface area contributed by atoms with Crippen LogP contribution in [0.3, 0.4) is 0 Å². The highest BCUT2D eigenvalue weighted by molar-refractivity contribution is 14.1. The van der Waals surface area contributed by atoms with Crippen LogP contribution in [0.25, 0.3) is 11.4 Å². The normalized spacial score (nSPS) is 10.5. The third-order valence-corrected chi connectivity index (χ3v) is 3.34. The second-order valence-electron chi connectivity index (χ2n) is 3.22. The number of aromatic amines is 1. The lowest BCUT2D eigenvalue weighted by molar-refractivity contribution is 0.447. The lowest BCUT2D eigenvalue weighted by Gasteiger charge is -2.04. The van der Waals surface area contributed by atoms with Crippen molar-refractivity contribution < 1.29 is 10.2 Å². The van der Waals surface area contributed by atoms with Gasteiger partial charge in [-0.05, 0) is 40.8 Å². The largest absolute Gasteiger partial charge is 0.506 e. The summed E-state index contributed by atoms with van der Waals surface area (Å²) in [4.78, 5) is 17.8. The molecule has 0 atom stereocenters. The molecule has 0 aliphatic rings. The first-order chi connectivity index (χ1) is 7.99. The number of nitrogens with zero attached hydrogens (tertiary/aromatic N) is 1. The molecule has 0 saturated carbocycles. The van der Waals surface area contributed by atoms with Gasteiger partial charge in [-0.1, -0.05) is 11.6 Å². The topological polar surface area (TPSA) is 86.2 Å². The van der Waals surface area contributed by atoms with Gasteiger partial charge in [0.05, 0.1) is 5.02 Å². The Morgan fingerprint density at radius 2 is 2.06 bits per heavy atom. The molecule has 0 unspecified atom stereocenters. The Morgan fingerprint density at radius 3 is 2.65 bits per heavy atom. The lowest BCUT2D eigenvalue weighted by atomic mass is 10.2. The first kappa shape index (κ1) is 12.2. The summed E-state index contributed by atoms with van der Waals surface area (Å²) in [5, 5.41) is 18.9. The molecule has 1 aromatic heterocycles. The van der Waals surface area contributed by atoms with Gasteiger partial charge in [-0.3, -0.25) is 4.79 Å². The van der Waals surface area contributed by atoms with E-state index < -0.39 is 5.56 Å². The predicted molar refractivity (Wildman–Crippen MR) is 71.4 cm³/mol. The quantitative estimate of drug-likeness (QED) is 0.677. The van der Waals surface area contributed by atoms with Gasteiger partial charge in [0.2, 0.25) is 5.88 Å². The predicted octanol–water partition coefficient (Wildman–Crippen LogP) is 2.11. The molecule has 88 valence electrons. The molecule has 1 heterocycles. The van der Waals surface area contributed by atoms with Crippen LogP contribution in [0.1, 0.15) is 0 Å². The average molecular weight is 365 g/mol. The minimum Gasteiger partial charge on any atom is -0.506 e. The fourth-order valence-corrected chi connectivity index (χ4v) is 1.67. The Morgan fingerprint density at radius 1 is 1.35 bits per heavy atom. The summed E-state index contributed by atoms with van der Waals surface area (Å²) in [5.41, 5.74) is 0.0638. The van der Waals surface area contributed by atoms with E-state index in [0.29, 0.717) is 5.56 Å². The molecule has 0 aliphatic carbocycles. The number of rotatable bonds is 1. The van der Waals surface area contributed by atoms with E-state index >= 15 is 0 Å². The number of hydrogen-bond acceptors (Lipinski definition) is 4. The minimum absolute atomic E-state index is 0.0625. The van der Waals surface area contributed by atoms with Crippen molar-refractivity contribution in [3.8, 4) is 23.0 Å². The van der Waals surface area contributed by atoms with E-state index in [1.807, 2.05) is 0 Å². The molecular formula is C10H6ClIN2O3. The van der Waals surface area contributed by atoms with Crippen molar-refractivity contribution >= 4 is 34.2 Å². The highest BCUT2D eigenvalue weighted by Crippen LogP contribution is 2.28. The molecule has 17 heavy (non-hydrogen) atoms. The molecule has 0 bridgehead atoms. The summed E-state index contributed by atoms with van der Waals surface area (Å²) in [6, 6.07) is 4.36. The van der Waals surface area contributed by atoms with E-state index in [-0.39, 0.29) is 26.0 Å². The van der Waals surface area contributed by atoms with Gasteiger partial charge in [0.15, 0.2) is 0 Å². The Kier molecular flexibility index (Phi) is 3.25. The highest BCUT2D eigenvalue weighted by Gasteiger charge is 2.10. The van der Waals surface area contributed by atoms with Crippen LogP contribution in [0, 0.1) is 3.57 Å². The summed E-state index contributed by atoms with van der Waals surface area (Å²) in [7, 11) is 0. The van der Waals surface area contributed by atoms with Gasteiger partial charge in [0.25, 0.3) is 5.56 Å². The van der Waals surface area contributed by atoms with Crippen LogP contribution < -0.4 is 5.56 Å². The number of hydrogen-bond donors (Lipinski definition) is 3.